The molecule has 0 aliphatic carbocycles. The van der Waals surface area contributed by atoms with Gasteiger partial charge in [-0.25, -0.2) is 0 Å². The first-order valence-corrected chi connectivity index (χ1v) is 9.15. The van der Waals surface area contributed by atoms with Crippen LogP contribution in [0, 0.1) is 0 Å². The van der Waals surface area contributed by atoms with E-state index in [1.54, 1.807) is 0 Å². The Morgan fingerprint density at radius 2 is 1.85 bits per heavy atom. The van der Waals surface area contributed by atoms with Crippen LogP contribution in [0.1, 0.15) is 18.1 Å². The molecule has 0 aromatic heterocycles. The van der Waals surface area contributed by atoms with Gasteiger partial charge in [0, 0.05) is 26.2 Å². The maximum Gasteiger partial charge on any atom is 0.257 e. The second-order valence-electron chi connectivity index (χ2n) is 6.38. The fourth-order valence-electron chi connectivity index (χ4n) is 3.02. The number of hydrogen-bond donors (Lipinski definition) is 1. The molecule has 138 valence electrons. The number of rotatable bonds is 8. The summed E-state index contributed by atoms with van der Waals surface area (Å²) in [5, 5.41) is 2.91. The largest absolute Gasteiger partial charge is 0.484 e. The maximum atomic E-state index is 11.8. The number of benzene rings is 2. The van der Waals surface area contributed by atoms with Crippen LogP contribution in [0.15, 0.2) is 60.7 Å². The van der Waals surface area contributed by atoms with E-state index in [0.717, 1.165) is 32.7 Å². The topological polar surface area (TPSA) is 50.8 Å². The Labute approximate surface area is 154 Å². The molecule has 2 aromatic rings. The molecule has 0 bridgehead atoms. The molecular formula is C21H26N2O3. The fraction of sp³-hybridized carbons (Fsp3) is 0.381. The molecule has 1 saturated heterocycles. The second-order valence-corrected chi connectivity index (χ2v) is 6.38. The second kappa shape index (κ2) is 9.94. The molecule has 0 unspecified atom stereocenters. The Balaban J connectivity index is 1.31. The molecule has 1 N–H and O–H groups in total. The monoisotopic (exact) mass is 354 g/mol. The van der Waals surface area contributed by atoms with Crippen LogP contribution in [0.5, 0.6) is 5.75 Å². The number of ether oxygens (including phenoxy) is 2. The summed E-state index contributed by atoms with van der Waals surface area (Å²) in [7, 11) is 0. The summed E-state index contributed by atoms with van der Waals surface area (Å²) in [6, 6.07) is 19.7. The van der Waals surface area contributed by atoms with Gasteiger partial charge in [0.15, 0.2) is 6.61 Å². The quantitative estimate of drug-likeness (QED) is 0.741. The molecule has 0 radical (unpaired) electrons. The molecule has 26 heavy (non-hydrogen) atoms. The standard InChI is InChI=1S/C21H26N2O3/c24-21(17-26-19-10-5-2-6-11-19)22-12-7-13-23-14-15-25-20(16-23)18-8-3-1-4-9-18/h1-6,8-11,20H,7,12-17H2,(H,22,24)/t20-/m1/s1. The van der Waals surface area contributed by atoms with E-state index in [9.17, 15) is 4.79 Å². The van der Waals surface area contributed by atoms with Gasteiger partial charge in [0.1, 0.15) is 5.75 Å². The summed E-state index contributed by atoms with van der Waals surface area (Å²) in [5.41, 5.74) is 1.23. The van der Waals surface area contributed by atoms with Gasteiger partial charge in [-0.05, 0) is 24.1 Å². The zero-order valence-electron chi connectivity index (χ0n) is 15.0. The Bertz CT molecular complexity index is 663. The van der Waals surface area contributed by atoms with Gasteiger partial charge >= 0.3 is 0 Å². The predicted molar refractivity (Wildman–Crippen MR) is 101 cm³/mol. The van der Waals surface area contributed by atoms with Crippen molar-refractivity contribution in [1.82, 2.24) is 10.2 Å². The van der Waals surface area contributed by atoms with Gasteiger partial charge in [-0.2, -0.15) is 0 Å². The van der Waals surface area contributed by atoms with Gasteiger partial charge in [-0.15, -0.1) is 0 Å². The molecule has 2 aromatic carbocycles. The first-order valence-electron chi connectivity index (χ1n) is 9.15. The molecule has 5 nitrogen and oxygen atoms in total. The third-order valence-corrected chi connectivity index (χ3v) is 4.41. The average Bonchev–Trinajstić information content (AvgIpc) is 2.71. The summed E-state index contributed by atoms with van der Waals surface area (Å²) in [5.74, 6) is 0.626. The van der Waals surface area contributed by atoms with Crippen molar-refractivity contribution in [3.8, 4) is 5.75 Å². The van der Waals surface area contributed by atoms with Crippen molar-refractivity contribution in [2.45, 2.75) is 12.5 Å². The molecule has 0 spiro atoms. The molecule has 1 amide bonds. The lowest BCUT2D eigenvalue weighted by Crippen LogP contribution is -2.40. The minimum Gasteiger partial charge on any atom is -0.484 e. The summed E-state index contributed by atoms with van der Waals surface area (Å²) in [4.78, 5) is 14.2. The normalized spacial score (nSPS) is 17.6. The van der Waals surface area contributed by atoms with Gasteiger partial charge in [0.05, 0.1) is 12.7 Å². The number of carbonyl (C=O) groups is 1. The molecule has 1 atom stereocenters. The molecule has 0 saturated carbocycles. The number of carbonyl (C=O) groups excluding carboxylic acids is 1. The molecule has 1 aliphatic heterocycles. The van der Waals surface area contributed by atoms with E-state index < -0.39 is 0 Å². The maximum absolute atomic E-state index is 11.8. The SMILES string of the molecule is O=C(COc1ccccc1)NCCCN1CCO[C@@H](c2ccccc2)C1. The summed E-state index contributed by atoms with van der Waals surface area (Å²) in [6.07, 6.45) is 1.05. The summed E-state index contributed by atoms with van der Waals surface area (Å²) >= 11 is 0. The van der Waals surface area contributed by atoms with Crippen molar-refractivity contribution in [3.05, 3.63) is 66.2 Å². The Hall–Kier alpha value is -2.37. The molecule has 1 aliphatic rings. The summed E-state index contributed by atoms with van der Waals surface area (Å²) < 4.78 is 11.3. The highest BCUT2D eigenvalue weighted by Gasteiger charge is 2.21. The van der Waals surface area contributed by atoms with Crippen LogP contribution in [0.3, 0.4) is 0 Å². The van der Waals surface area contributed by atoms with Gasteiger partial charge in [-0.3, -0.25) is 9.69 Å². The van der Waals surface area contributed by atoms with E-state index in [2.05, 4.69) is 22.3 Å². The Morgan fingerprint density at radius 3 is 2.62 bits per heavy atom. The molecule has 5 heteroatoms. The highest BCUT2D eigenvalue weighted by molar-refractivity contribution is 5.77. The van der Waals surface area contributed by atoms with E-state index in [0.29, 0.717) is 12.3 Å². The predicted octanol–water partition coefficient (Wildman–Crippen LogP) is 2.65. The van der Waals surface area contributed by atoms with Crippen LogP contribution in [-0.2, 0) is 9.53 Å². The third kappa shape index (κ3) is 5.86. The lowest BCUT2D eigenvalue weighted by molar-refractivity contribution is -0.123. The minimum absolute atomic E-state index is 0.0532. The number of hydrogen-bond acceptors (Lipinski definition) is 4. The molecule has 1 fully saturated rings. The highest BCUT2D eigenvalue weighted by Crippen LogP contribution is 2.21. The van der Waals surface area contributed by atoms with Crippen molar-refractivity contribution < 1.29 is 14.3 Å². The van der Waals surface area contributed by atoms with Gasteiger partial charge < -0.3 is 14.8 Å². The number of morpholine rings is 1. The number of amides is 1. The van der Waals surface area contributed by atoms with Crippen molar-refractivity contribution in [3.63, 3.8) is 0 Å². The molecule has 3 rings (SSSR count). The Morgan fingerprint density at radius 1 is 1.12 bits per heavy atom. The van der Waals surface area contributed by atoms with E-state index in [-0.39, 0.29) is 18.6 Å². The van der Waals surface area contributed by atoms with Crippen molar-refractivity contribution in [2.24, 2.45) is 0 Å². The summed E-state index contributed by atoms with van der Waals surface area (Å²) in [6.45, 7) is 4.24. The van der Waals surface area contributed by atoms with Gasteiger partial charge in [-0.1, -0.05) is 48.5 Å². The van der Waals surface area contributed by atoms with Crippen molar-refractivity contribution in [1.29, 1.82) is 0 Å². The first-order chi connectivity index (χ1) is 12.8. The van der Waals surface area contributed by atoms with Crippen LogP contribution in [0.2, 0.25) is 0 Å². The molecule has 1 heterocycles. The van der Waals surface area contributed by atoms with Crippen LogP contribution < -0.4 is 10.1 Å². The van der Waals surface area contributed by atoms with Gasteiger partial charge in [0.2, 0.25) is 0 Å². The Kier molecular flexibility index (Phi) is 7.05. The zero-order chi connectivity index (χ0) is 18.0. The van der Waals surface area contributed by atoms with Crippen LogP contribution >= 0.6 is 0 Å². The van der Waals surface area contributed by atoms with E-state index in [1.807, 2.05) is 48.5 Å². The van der Waals surface area contributed by atoms with E-state index >= 15 is 0 Å². The smallest absolute Gasteiger partial charge is 0.257 e. The van der Waals surface area contributed by atoms with E-state index in [4.69, 9.17) is 9.47 Å². The number of para-hydroxylation sites is 1. The van der Waals surface area contributed by atoms with Crippen LogP contribution in [-0.4, -0.2) is 50.2 Å². The lowest BCUT2D eigenvalue weighted by Gasteiger charge is -2.33. The minimum atomic E-state index is -0.0852. The van der Waals surface area contributed by atoms with Crippen molar-refractivity contribution >= 4 is 5.91 Å². The van der Waals surface area contributed by atoms with Crippen LogP contribution in [0.25, 0.3) is 0 Å². The lowest BCUT2D eigenvalue weighted by atomic mass is 10.1. The first kappa shape index (κ1) is 18.4. The average molecular weight is 354 g/mol. The zero-order valence-corrected chi connectivity index (χ0v) is 15.0. The van der Waals surface area contributed by atoms with Gasteiger partial charge in [0.25, 0.3) is 5.91 Å². The van der Waals surface area contributed by atoms with Crippen LogP contribution in [0.4, 0.5) is 0 Å². The van der Waals surface area contributed by atoms with Crippen molar-refractivity contribution in [2.75, 3.05) is 39.4 Å². The third-order valence-electron chi connectivity index (χ3n) is 4.41. The number of nitrogens with one attached hydrogen (secondary N) is 1. The fourth-order valence-corrected chi connectivity index (χ4v) is 3.02. The highest BCUT2D eigenvalue weighted by atomic mass is 16.5. The number of nitrogens with zero attached hydrogens (tertiary/aromatic N) is 1. The molecular weight excluding hydrogens is 328 g/mol. The van der Waals surface area contributed by atoms with E-state index in [1.165, 1.54) is 5.56 Å².